The zero-order chi connectivity index (χ0) is 11.9. The molecule has 0 aliphatic heterocycles. The number of carboxylic acids is 1. The molecule has 4 nitrogen and oxygen atoms in total. The molecule has 0 amide bonds. The van der Waals surface area contributed by atoms with E-state index < -0.39 is 11.5 Å². The van der Waals surface area contributed by atoms with Gasteiger partial charge in [0, 0.05) is 19.3 Å². The van der Waals surface area contributed by atoms with E-state index in [4.69, 9.17) is 9.84 Å². The highest BCUT2D eigenvalue weighted by molar-refractivity contribution is 5.78. The first kappa shape index (κ1) is 14.4. The summed E-state index contributed by atoms with van der Waals surface area (Å²) in [5, 5.41) is 12.2. The minimum absolute atomic E-state index is 0.165. The summed E-state index contributed by atoms with van der Waals surface area (Å²) < 4.78 is 5.19. The van der Waals surface area contributed by atoms with Gasteiger partial charge in [0.15, 0.2) is 0 Å². The molecule has 0 heterocycles. The van der Waals surface area contributed by atoms with Gasteiger partial charge in [0.25, 0.3) is 0 Å². The Kier molecular flexibility index (Phi) is 6.52. The van der Waals surface area contributed by atoms with E-state index in [2.05, 4.69) is 5.32 Å². The van der Waals surface area contributed by atoms with Crippen LogP contribution in [0.5, 0.6) is 0 Å². The van der Waals surface area contributed by atoms with Crippen LogP contribution >= 0.6 is 0 Å². The maximum Gasteiger partial charge on any atom is 0.323 e. The van der Waals surface area contributed by atoms with Crippen LogP contribution in [0.25, 0.3) is 0 Å². The second-order valence-electron chi connectivity index (χ2n) is 4.24. The fourth-order valence-electron chi connectivity index (χ4n) is 1.55. The van der Waals surface area contributed by atoms with Crippen LogP contribution in [-0.4, -0.2) is 35.9 Å². The highest BCUT2D eigenvalue weighted by Crippen LogP contribution is 2.14. The van der Waals surface area contributed by atoms with Gasteiger partial charge in [0.1, 0.15) is 5.54 Å². The quantitative estimate of drug-likeness (QED) is 0.607. The average Bonchev–Trinajstić information content (AvgIpc) is 2.11. The molecule has 1 atom stereocenters. The number of carbonyl (C=O) groups is 1. The smallest absolute Gasteiger partial charge is 0.323 e. The number of rotatable bonds is 8. The zero-order valence-electron chi connectivity index (χ0n) is 10.2. The van der Waals surface area contributed by atoms with Crippen molar-refractivity contribution in [3.05, 3.63) is 0 Å². The van der Waals surface area contributed by atoms with Gasteiger partial charge in [-0.15, -0.1) is 0 Å². The zero-order valence-corrected chi connectivity index (χ0v) is 10.2. The SMILES string of the molecule is CCOCCCC(C)(NC(C)C)C(=O)O. The highest BCUT2D eigenvalue weighted by Gasteiger charge is 2.32. The maximum absolute atomic E-state index is 11.1. The number of ether oxygens (including phenoxy) is 1. The number of aliphatic carboxylic acids is 1. The minimum Gasteiger partial charge on any atom is -0.480 e. The molecule has 0 aromatic rings. The van der Waals surface area contributed by atoms with Crippen LogP contribution in [0.4, 0.5) is 0 Å². The summed E-state index contributed by atoms with van der Waals surface area (Å²) in [4.78, 5) is 11.1. The van der Waals surface area contributed by atoms with Crippen LogP contribution in [-0.2, 0) is 9.53 Å². The molecule has 0 radical (unpaired) electrons. The molecule has 0 aliphatic rings. The van der Waals surface area contributed by atoms with Crippen LogP contribution in [0.1, 0.15) is 40.5 Å². The van der Waals surface area contributed by atoms with E-state index >= 15 is 0 Å². The van der Waals surface area contributed by atoms with Crippen molar-refractivity contribution >= 4 is 5.97 Å². The molecule has 0 bridgehead atoms. The third-order valence-electron chi connectivity index (χ3n) is 2.25. The first-order valence-electron chi connectivity index (χ1n) is 5.51. The molecule has 4 heteroatoms. The Balaban J connectivity index is 4.08. The number of carboxylic acid groups (broad SMARTS) is 1. The van der Waals surface area contributed by atoms with Gasteiger partial charge in [-0.05, 0) is 40.5 Å². The molecule has 0 saturated carbocycles. The van der Waals surface area contributed by atoms with Crippen molar-refractivity contribution in [2.45, 2.75) is 52.1 Å². The summed E-state index contributed by atoms with van der Waals surface area (Å²) in [6, 6.07) is 0.165. The van der Waals surface area contributed by atoms with E-state index in [9.17, 15) is 4.79 Å². The van der Waals surface area contributed by atoms with Crippen LogP contribution in [0.15, 0.2) is 0 Å². The summed E-state index contributed by atoms with van der Waals surface area (Å²) >= 11 is 0. The van der Waals surface area contributed by atoms with Gasteiger partial charge in [0.2, 0.25) is 0 Å². The van der Waals surface area contributed by atoms with Crippen molar-refractivity contribution in [2.24, 2.45) is 0 Å². The van der Waals surface area contributed by atoms with Crippen molar-refractivity contribution in [1.82, 2.24) is 5.32 Å². The topological polar surface area (TPSA) is 58.6 Å². The lowest BCUT2D eigenvalue weighted by Crippen LogP contribution is -2.52. The minimum atomic E-state index is -0.842. The number of hydrogen-bond donors (Lipinski definition) is 2. The Morgan fingerprint density at radius 1 is 1.53 bits per heavy atom. The monoisotopic (exact) mass is 217 g/mol. The Morgan fingerprint density at radius 3 is 2.53 bits per heavy atom. The van der Waals surface area contributed by atoms with Crippen molar-refractivity contribution in [1.29, 1.82) is 0 Å². The average molecular weight is 217 g/mol. The van der Waals surface area contributed by atoms with Gasteiger partial charge in [-0.1, -0.05) is 0 Å². The molecule has 0 spiro atoms. The largest absolute Gasteiger partial charge is 0.480 e. The standard InChI is InChI=1S/C11H23NO3/c1-5-15-8-6-7-11(4,10(13)14)12-9(2)3/h9,12H,5-8H2,1-4H3,(H,13,14). The molecular formula is C11H23NO3. The molecule has 0 saturated heterocycles. The summed E-state index contributed by atoms with van der Waals surface area (Å²) in [7, 11) is 0. The van der Waals surface area contributed by atoms with E-state index in [1.807, 2.05) is 20.8 Å². The fraction of sp³-hybridized carbons (Fsp3) is 0.909. The molecule has 0 aromatic heterocycles. The third kappa shape index (κ3) is 5.74. The first-order valence-corrected chi connectivity index (χ1v) is 5.51. The van der Waals surface area contributed by atoms with Crippen molar-refractivity contribution in [3.63, 3.8) is 0 Å². The second-order valence-corrected chi connectivity index (χ2v) is 4.24. The molecule has 90 valence electrons. The summed E-state index contributed by atoms with van der Waals surface area (Å²) in [5.74, 6) is -0.798. The number of hydrogen-bond acceptors (Lipinski definition) is 3. The Morgan fingerprint density at radius 2 is 2.13 bits per heavy atom. The van der Waals surface area contributed by atoms with Crippen LogP contribution in [0, 0.1) is 0 Å². The molecule has 0 fully saturated rings. The van der Waals surface area contributed by atoms with Gasteiger partial charge in [-0.25, -0.2) is 0 Å². The molecule has 0 rings (SSSR count). The van der Waals surface area contributed by atoms with Crippen LogP contribution < -0.4 is 5.32 Å². The Bertz CT molecular complexity index is 194. The van der Waals surface area contributed by atoms with E-state index in [-0.39, 0.29) is 6.04 Å². The van der Waals surface area contributed by atoms with Gasteiger partial charge in [-0.2, -0.15) is 0 Å². The Labute approximate surface area is 92.0 Å². The second kappa shape index (κ2) is 6.80. The lowest BCUT2D eigenvalue weighted by Gasteiger charge is -2.28. The van der Waals surface area contributed by atoms with Crippen LogP contribution in [0.2, 0.25) is 0 Å². The van der Waals surface area contributed by atoms with E-state index in [0.717, 1.165) is 6.42 Å². The van der Waals surface area contributed by atoms with Gasteiger partial charge in [0.05, 0.1) is 0 Å². The maximum atomic E-state index is 11.1. The first-order chi connectivity index (χ1) is 6.92. The summed E-state index contributed by atoms with van der Waals surface area (Å²) in [5.41, 5.74) is -0.842. The summed E-state index contributed by atoms with van der Waals surface area (Å²) in [6.45, 7) is 8.86. The Hall–Kier alpha value is -0.610. The lowest BCUT2D eigenvalue weighted by atomic mass is 9.95. The van der Waals surface area contributed by atoms with Crippen molar-refractivity contribution in [2.75, 3.05) is 13.2 Å². The molecule has 0 aliphatic carbocycles. The normalized spacial score (nSPS) is 15.3. The van der Waals surface area contributed by atoms with Crippen LogP contribution in [0.3, 0.4) is 0 Å². The lowest BCUT2D eigenvalue weighted by molar-refractivity contribution is -0.144. The van der Waals surface area contributed by atoms with Gasteiger partial charge >= 0.3 is 5.97 Å². The fourth-order valence-corrected chi connectivity index (χ4v) is 1.55. The molecule has 2 N–H and O–H groups in total. The van der Waals surface area contributed by atoms with Gasteiger partial charge < -0.3 is 9.84 Å². The highest BCUT2D eigenvalue weighted by atomic mass is 16.5. The van der Waals surface area contributed by atoms with Crippen molar-refractivity contribution in [3.8, 4) is 0 Å². The molecule has 0 aromatic carbocycles. The predicted molar refractivity (Wildman–Crippen MR) is 60.0 cm³/mol. The molecule has 1 unspecified atom stereocenters. The van der Waals surface area contributed by atoms with Crippen molar-refractivity contribution < 1.29 is 14.6 Å². The van der Waals surface area contributed by atoms with E-state index in [0.29, 0.717) is 19.6 Å². The molecular weight excluding hydrogens is 194 g/mol. The molecule has 15 heavy (non-hydrogen) atoms. The predicted octanol–water partition coefficient (Wildman–Crippen LogP) is 1.64. The van der Waals surface area contributed by atoms with Gasteiger partial charge in [-0.3, -0.25) is 10.1 Å². The van der Waals surface area contributed by atoms with E-state index in [1.54, 1.807) is 6.92 Å². The summed E-state index contributed by atoms with van der Waals surface area (Å²) in [6.07, 6.45) is 1.34. The third-order valence-corrected chi connectivity index (χ3v) is 2.25. The van der Waals surface area contributed by atoms with E-state index in [1.165, 1.54) is 0 Å². The number of nitrogens with one attached hydrogen (secondary N) is 1.